The topological polar surface area (TPSA) is 21.7 Å². The molecule has 1 atom stereocenters. The van der Waals surface area contributed by atoms with Crippen LogP contribution in [-0.4, -0.2) is 33.2 Å². The van der Waals surface area contributed by atoms with E-state index in [1.165, 1.54) is 5.56 Å². The van der Waals surface area contributed by atoms with Gasteiger partial charge in [-0.25, -0.2) is 0 Å². The average molecular weight is 237 g/mol. The predicted molar refractivity (Wildman–Crippen MR) is 70.5 cm³/mol. The molecule has 0 heterocycles. The molecule has 0 saturated heterocycles. The smallest absolute Gasteiger partial charge is 0.139 e. The molecule has 0 aromatic heterocycles. The highest BCUT2D eigenvalue weighted by Gasteiger charge is 2.18. The van der Waals surface area contributed by atoms with Crippen molar-refractivity contribution in [1.82, 2.24) is 4.90 Å². The third-order valence-electron chi connectivity index (χ3n) is 2.88. The normalized spacial score (nSPS) is 13.2. The number of hydrogen-bond acceptors (Lipinski definition) is 3. The van der Waals surface area contributed by atoms with Crippen LogP contribution in [0.1, 0.15) is 37.1 Å². The van der Waals surface area contributed by atoms with E-state index < -0.39 is 0 Å². The first-order valence-corrected chi connectivity index (χ1v) is 5.88. The molecule has 1 rings (SSSR count). The van der Waals surface area contributed by atoms with E-state index in [1.54, 1.807) is 14.2 Å². The van der Waals surface area contributed by atoms with Crippen LogP contribution in [-0.2, 0) is 4.74 Å². The maximum Gasteiger partial charge on any atom is 0.139 e. The molecule has 0 radical (unpaired) electrons. The van der Waals surface area contributed by atoms with E-state index in [-0.39, 0.29) is 6.23 Å². The highest BCUT2D eigenvalue weighted by molar-refractivity contribution is 5.39. The molecule has 0 bridgehead atoms. The van der Waals surface area contributed by atoms with Gasteiger partial charge in [-0.2, -0.15) is 0 Å². The van der Waals surface area contributed by atoms with Gasteiger partial charge in [0.2, 0.25) is 0 Å². The fraction of sp³-hybridized carbons (Fsp3) is 0.571. The van der Waals surface area contributed by atoms with Crippen molar-refractivity contribution in [2.24, 2.45) is 0 Å². The number of hydrogen-bond donors (Lipinski definition) is 0. The van der Waals surface area contributed by atoms with Crippen LogP contribution in [0.5, 0.6) is 5.75 Å². The van der Waals surface area contributed by atoms with Gasteiger partial charge in [0.1, 0.15) is 12.0 Å². The van der Waals surface area contributed by atoms with Crippen molar-refractivity contribution in [1.29, 1.82) is 0 Å². The van der Waals surface area contributed by atoms with Crippen molar-refractivity contribution in [3.05, 3.63) is 29.3 Å². The van der Waals surface area contributed by atoms with Crippen LogP contribution in [0.3, 0.4) is 0 Å². The second-order valence-electron chi connectivity index (χ2n) is 4.71. The van der Waals surface area contributed by atoms with Crippen LogP contribution in [0, 0.1) is 0 Å². The van der Waals surface area contributed by atoms with E-state index in [1.807, 2.05) is 25.1 Å². The lowest BCUT2D eigenvalue weighted by Gasteiger charge is -2.25. The van der Waals surface area contributed by atoms with Crippen molar-refractivity contribution in [2.75, 3.05) is 28.3 Å². The van der Waals surface area contributed by atoms with Crippen LogP contribution in [0.15, 0.2) is 18.2 Å². The largest absolute Gasteiger partial charge is 0.496 e. The molecule has 96 valence electrons. The molecule has 1 aromatic rings. The second-order valence-corrected chi connectivity index (χ2v) is 4.71. The zero-order valence-corrected chi connectivity index (χ0v) is 11.7. The van der Waals surface area contributed by atoms with Crippen LogP contribution >= 0.6 is 0 Å². The summed E-state index contributed by atoms with van der Waals surface area (Å²) < 4.78 is 10.9. The van der Waals surface area contributed by atoms with Crippen molar-refractivity contribution < 1.29 is 9.47 Å². The highest BCUT2D eigenvalue weighted by Crippen LogP contribution is 2.31. The van der Waals surface area contributed by atoms with Crippen molar-refractivity contribution in [3.8, 4) is 5.75 Å². The summed E-state index contributed by atoms with van der Waals surface area (Å²) in [6.45, 7) is 4.37. The molecule has 0 amide bonds. The zero-order chi connectivity index (χ0) is 13.0. The van der Waals surface area contributed by atoms with Gasteiger partial charge in [-0.05, 0) is 37.7 Å². The summed E-state index contributed by atoms with van der Waals surface area (Å²) in [6, 6.07) is 6.28. The van der Waals surface area contributed by atoms with Gasteiger partial charge in [0.15, 0.2) is 0 Å². The Morgan fingerprint density at radius 3 is 2.18 bits per heavy atom. The molecule has 1 aromatic carbocycles. The van der Waals surface area contributed by atoms with Crippen molar-refractivity contribution >= 4 is 0 Å². The second kappa shape index (κ2) is 6.03. The number of ether oxygens (including phenoxy) is 2. The summed E-state index contributed by atoms with van der Waals surface area (Å²) in [5, 5.41) is 0. The van der Waals surface area contributed by atoms with Gasteiger partial charge >= 0.3 is 0 Å². The zero-order valence-electron chi connectivity index (χ0n) is 11.7. The Kier molecular flexibility index (Phi) is 4.97. The molecule has 17 heavy (non-hydrogen) atoms. The van der Waals surface area contributed by atoms with Gasteiger partial charge in [-0.3, -0.25) is 4.90 Å². The first kappa shape index (κ1) is 14.0. The summed E-state index contributed by atoms with van der Waals surface area (Å²) in [4.78, 5) is 2.03. The van der Waals surface area contributed by atoms with Gasteiger partial charge in [-0.1, -0.05) is 19.9 Å². The molecular weight excluding hydrogens is 214 g/mol. The minimum Gasteiger partial charge on any atom is -0.496 e. The van der Waals surface area contributed by atoms with E-state index in [2.05, 4.69) is 26.0 Å². The molecule has 0 aliphatic carbocycles. The van der Waals surface area contributed by atoms with Crippen LogP contribution in [0.2, 0.25) is 0 Å². The molecule has 3 heteroatoms. The molecule has 1 unspecified atom stereocenters. The molecule has 0 aliphatic heterocycles. The third kappa shape index (κ3) is 3.20. The first-order valence-electron chi connectivity index (χ1n) is 5.88. The molecule has 0 N–H and O–H groups in total. The van der Waals surface area contributed by atoms with Crippen LogP contribution < -0.4 is 4.74 Å². The van der Waals surface area contributed by atoms with E-state index in [9.17, 15) is 0 Å². The number of nitrogens with zero attached hydrogens (tertiary/aromatic N) is 1. The lowest BCUT2D eigenvalue weighted by atomic mass is 9.99. The lowest BCUT2D eigenvalue weighted by molar-refractivity contribution is -0.00699. The minimum absolute atomic E-state index is 0.0800. The van der Waals surface area contributed by atoms with Crippen molar-refractivity contribution in [3.63, 3.8) is 0 Å². The summed E-state index contributed by atoms with van der Waals surface area (Å²) in [7, 11) is 7.40. The van der Waals surface area contributed by atoms with E-state index in [0.717, 1.165) is 11.3 Å². The molecule has 0 aliphatic rings. The SMILES string of the molecule is COc1ccc(C(C)C)cc1C(OC)N(C)C. The van der Waals surface area contributed by atoms with Gasteiger partial charge in [0.05, 0.1) is 7.11 Å². The monoisotopic (exact) mass is 237 g/mol. The predicted octanol–water partition coefficient (Wildman–Crippen LogP) is 3.03. The third-order valence-corrected chi connectivity index (χ3v) is 2.88. The molecule has 0 spiro atoms. The number of rotatable bonds is 5. The standard InChI is InChI=1S/C14H23NO2/c1-10(2)11-7-8-13(16-5)12(9-11)14(17-6)15(3)4/h7-10,14H,1-6H3. The highest BCUT2D eigenvalue weighted by atomic mass is 16.5. The first-order chi connectivity index (χ1) is 8.01. The maximum atomic E-state index is 5.52. The van der Waals surface area contributed by atoms with Crippen molar-refractivity contribution in [2.45, 2.75) is 26.0 Å². The van der Waals surface area contributed by atoms with Gasteiger partial charge in [0.25, 0.3) is 0 Å². The Bertz CT molecular complexity index is 361. The lowest BCUT2D eigenvalue weighted by Crippen LogP contribution is -2.22. The van der Waals surface area contributed by atoms with E-state index >= 15 is 0 Å². The Morgan fingerprint density at radius 2 is 1.76 bits per heavy atom. The van der Waals surface area contributed by atoms with Crippen LogP contribution in [0.4, 0.5) is 0 Å². The molecule has 0 saturated carbocycles. The fourth-order valence-electron chi connectivity index (χ4n) is 1.92. The van der Waals surface area contributed by atoms with Gasteiger partial charge in [0, 0.05) is 12.7 Å². The molecule has 0 fully saturated rings. The maximum absolute atomic E-state index is 5.52. The quantitative estimate of drug-likeness (QED) is 0.735. The Hall–Kier alpha value is -1.06. The summed E-state index contributed by atoms with van der Waals surface area (Å²) in [5.41, 5.74) is 2.37. The van der Waals surface area contributed by atoms with Gasteiger partial charge < -0.3 is 9.47 Å². The van der Waals surface area contributed by atoms with Gasteiger partial charge in [-0.15, -0.1) is 0 Å². The van der Waals surface area contributed by atoms with Crippen LogP contribution in [0.25, 0.3) is 0 Å². The minimum atomic E-state index is -0.0800. The molecule has 3 nitrogen and oxygen atoms in total. The summed E-state index contributed by atoms with van der Waals surface area (Å²) >= 11 is 0. The number of methoxy groups -OCH3 is 2. The van der Waals surface area contributed by atoms with E-state index in [4.69, 9.17) is 9.47 Å². The summed E-state index contributed by atoms with van der Waals surface area (Å²) in [5.74, 6) is 1.37. The average Bonchev–Trinajstić information content (AvgIpc) is 2.29. The Morgan fingerprint density at radius 1 is 1.12 bits per heavy atom. The Labute approximate surface area is 104 Å². The summed E-state index contributed by atoms with van der Waals surface area (Å²) in [6.07, 6.45) is -0.0800. The Balaban J connectivity index is 3.21. The van der Waals surface area contributed by atoms with E-state index in [0.29, 0.717) is 5.92 Å². The fourth-order valence-corrected chi connectivity index (χ4v) is 1.92. The number of benzene rings is 1. The molecular formula is C14H23NO2.